The maximum absolute atomic E-state index is 12.4. The van der Waals surface area contributed by atoms with Gasteiger partial charge in [-0.2, -0.15) is 0 Å². The minimum atomic E-state index is 0.0834. The summed E-state index contributed by atoms with van der Waals surface area (Å²) in [7, 11) is 0. The van der Waals surface area contributed by atoms with Crippen LogP contribution in [0.4, 0.5) is 0 Å². The van der Waals surface area contributed by atoms with Crippen LogP contribution in [0.15, 0.2) is 30.3 Å². The molecule has 0 unspecified atom stereocenters. The van der Waals surface area contributed by atoms with Crippen LogP contribution in [0.5, 0.6) is 0 Å². The normalized spacial score (nSPS) is 16.0. The van der Waals surface area contributed by atoms with E-state index in [1.54, 1.807) is 0 Å². The van der Waals surface area contributed by atoms with E-state index in [1.807, 2.05) is 28.0 Å². The molecule has 1 heterocycles. The molecular formula is C17H26N2O2. The van der Waals surface area contributed by atoms with E-state index in [0.29, 0.717) is 19.6 Å². The molecule has 1 aliphatic rings. The molecule has 21 heavy (non-hydrogen) atoms. The van der Waals surface area contributed by atoms with Crippen molar-refractivity contribution in [3.63, 3.8) is 0 Å². The fraction of sp³-hybridized carbons (Fsp3) is 0.588. The number of benzene rings is 1. The topological polar surface area (TPSA) is 43.8 Å². The van der Waals surface area contributed by atoms with E-state index in [4.69, 9.17) is 0 Å². The number of hydrogen-bond donors (Lipinski definition) is 1. The quantitative estimate of drug-likeness (QED) is 0.870. The maximum atomic E-state index is 12.4. The highest BCUT2D eigenvalue weighted by Crippen LogP contribution is 2.11. The van der Waals surface area contributed by atoms with Crippen LogP contribution in [-0.4, -0.2) is 53.6 Å². The summed E-state index contributed by atoms with van der Waals surface area (Å²) < 4.78 is 0. The first-order valence-corrected chi connectivity index (χ1v) is 7.94. The Hall–Kier alpha value is -1.39. The molecule has 1 aromatic rings. The van der Waals surface area contributed by atoms with Gasteiger partial charge in [-0.25, -0.2) is 0 Å². The molecule has 0 saturated carbocycles. The van der Waals surface area contributed by atoms with Gasteiger partial charge in [0.2, 0.25) is 5.91 Å². The summed E-state index contributed by atoms with van der Waals surface area (Å²) in [5, 5.41) is 9.22. The Morgan fingerprint density at radius 3 is 2.38 bits per heavy atom. The van der Waals surface area contributed by atoms with E-state index in [9.17, 15) is 9.90 Å². The average Bonchev–Trinajstić information content (AvgIpc) is 2.77. The van der Waals surface area contributed by atoms with Crippen molar-refractivity contribution >= 4 is 5.91 Å². The minimum absolute atomic E-state index is 0.0834. The van der Waals surface area contributed by atoms with E-state index < -0.39 is 0 Å². The third-order valence-corrected chi connectivity index (χ3v) is 3.98. The molecule has 0 spiro atoms. The lowest BCUT2D eigenvalue weighted by Crippen LogP contribution is -2.41. The summed E-state index contributed by atoms with van der Waals surface area (Å²) in [5.41, 5.74) is 1.18. The van der Waals surface area contributed by atoms with Gasteiger partial charge in [0, 0.05) is 26.2 Å². The lowest BCUT2D eigenvalue weighted by Gasteiger charge is -2.26. The van der Waals surface area contributed by atoms with E-state index in [0.717, 1.165) is 25.9 Å². The number of rotatable bonds is 6. The van der Waals surface area contributed by atoms with E-state index in [-0.39, 0.29) is 12.5 Å². The molecule has 1 N–H and O–H groups in total. The zero-order valence-corrected chi connectivity index (χ0v) is 12.7. The third-order valence-electron chi connectivity index (χ3n) is 3.98. The van der Waals surface area contributed by atoms with Crippen molar-refractivity contribution in [2.45, 2.75) is 32.2 Å². The van der Waals surface area contributed by atoms with Gasteiger partial charge in [-0.05, 0) is 18.4 Å². The molecule has 0 aliphatic carbocycles. The molecule has 4 nitrogen and oxygen atoms in total. The summed E-state index contributed by atoms with van der Waals surface area (Å²) in [6.45, 7) is 3.50. The van der Waals surface area contributed by atoms with Crippen LogP contribution >= 0.6 is 0 Å². The van der Waals surface area contributed by atoms with Crippen LogP contribution in [-0.2, 0) is 11.3 Å². The van der Waals surface area contributed by atoms with Gasteiger partial charge < -0.3 is 10.0 Å². The summed E-state index contributed by atoms with van der Waals surface area (Å²) in [5.74, 6) is 0.196. The highest BCUT2D eigenvalue weighted by Gasteiger charge is 2.18. The Labute approximate surface area is 127 Å². The number of nitrogens with zero attached hydrogens (tertiary/aromatic N) is 2. The molecule has 1 amide bonds. The highest BCUT2D eigenvalue weighted by atomic mass is 16.3. The van der Waals surface area contributed by atoms with Gasteiger partial charge in [-0.15, -0.1) is 0 Å². The van der Waals surface area contributed by atoms with Crippen LogP contribution < -0.4 is 0 Å². The molecule has 2 rings (SSSR count). The van der Waals surface area contributed by atoms with Crippen LogP contribution in [0, 0.1) is 0 Å². The van der Waals surface area contributed by atoms with Crippen LogP contribution in [0.25, 0.3) is 0 Å². The lowest BCUT2D eigenvalue weighted by molar-refractivity contribution is -0.132. The molecule has 1 saturated heterocycles. The predicted molar refractivity (Wildman–Crippen MR) is 83.9 cm³/mol. The Kier molecular flexibility index (Phi) is 6.70. The number of likely N-dealkylation sites (tertiary alicyclic amines) is 1. The number of carbonyl (C=O) groups excluding carboxylic acids is 1. The van der Waals surface area contributed by atoms with Crippen molar-refractivity contribution in [1.29, 1.82) is 0 Å². The second kappa shape index (κ2) is 8.80. The van der Waals surface area contributed by atoms with Gasteiger partial charge in [-0.3, -0.25) is 9.69 Å². The first-order chi connectivity index (χ1) is 10.3. The second-order valence-electron chi connectivity index (χ2n) is 5.71. The molecule has 1 aromatic carbocycles. The van der Waals surface area contributed by atoms with Crippen molar-refractivity contribution in [3.05, 3.63) is 35.9 Å². The molecular weight excluding hydrogens is 264 g/mol. The number of amides is 1. The number of aliphatic hydroxyl groups excluding tert-OH is 1. The van der Waals surface area contributed by atoms with Gasteiger partial charge in [0.25, 0.3) is 0 Å². The number of carbonyl (C=O) groups is 1. The van der Waals surface area contributed by atoms with Gasteiger partial charge in [0.1, 0.15) is 0 Å². The van der Waals surface area contributed by atoms with Crippen molar-refractivity contribution in [2.75, 3.05) is 32.8 Å². The summed E-state index contributed by atoms with van der Waals surface area (Å²) in [6.07, 6.45) is 4.69. The zero-order chi connectivity index (χ0) is 14.9. The molecule has 0 radical (unpaired) electrons. The number of hydrogen-bond acceptors (Lipinski definition) is 3. The molecule has 0 atom stereocenters. The monoisotopic (exact) mass is 290 g/mol. The third kappa shape index (κ3) is 5.48. The fourth-order valence-electron chi connectivity index (χ4n) is 2.81. The first-order valence-electron chi connectivity index (χ1n) is 7.94. The molecule has 1 fully saturated rings. The van der Waals surface area contributed by atoms with Gasteiger partial charge in [0.05, 0.1) is 13.2 Å². The second-order valence-corrected chi connectivity index (χ2v) is 5.71. The molecule has 116 valence electrons. The predicted octanol–water partition coefficient (Wildman–Crippen LogP) is 1.88. The van der Waals surface area contributed by atoms with Crippen molar-refractivity contribution in [2.24, 2.45) is 0 Å². The smallest absolute Gasteiger partial charge is 0.236 e. The molecule has 4 heteroatoms. The summed E-state index contributed by atoms with van der Waals surface area (Å²) >= 11 is 0. The summed E-state index contributed by atoms with van der Waals surface area (Å²) in [4.78, 5) is 16.4. The SMILES string of the molecule is O=C(CN(CCO)Cc1ccccc1)N1CCCCCC1. The van der Waals surface area contributed by atoms with Crippen LogP contribution in [0.2, 0.25) is 0 Å². The van der Waals surface area contributed by atoms with Crippen molar-refractivity contribution < 1.29 is 9.90 Å². The molecule has 0 bridgehead atoms. The Morgan fingerprint density at radius 2 is 1.76 bits per heavy atom. The van der Waals surface area contributed by atoms with E-state index in [2.05, 4.69) is 12.1 Å². The standard InChI is InChI=1S/C17H26N2O2/c20-13-12-18(14-16-8-4-3-5-9-16)15-17(21)19-10-6-1-2-7-11-19/h3-5,8-9,20H,1-2,6-7,10-15H2. The Balaban J connectivity index is 1.90. The highest BCUT2D eigenvalue weighted by molar-refractivity contribution is 5.78. The van der Waals surface area contributed by atoms with E-state index >= 15 is 0 Å². The van der Waals surface area contributed by atoms with Crippen LogP contribution in [0.3, 0.4) is 0 Å². The van der Waals surface area contributed by atoms with Crippen molar-refractivity contribution in [3.8, 4) is 0 Å². The fourth-order valence-corrected chi connectivity index (χ4v) is 2.81. The van der Waals surface area contributed by atoms with Gasteiger partial charge >= 0.3 is 0 Å². The van der Waals surface area contributed by atoms with Gasteiger partial charge in [0.15, 0.2) is 0 Å². The van der Waals surface area contributed by atoms with Crippen molar-refractivity contribution in [1.82, 2.24) is 9.80 Å². The average molecular weight is 290 g/mol. The van der Waals surface area contributed by atoms with E-state index in [1.165, 1.54) is 18.4 Å². The lowest BCUT2D eigenvalue weighted by atomic mass is 10.2. The number of aliphatic hydroxyl groups is 1. The largest absolute Gasteiger partial charge is 0.395 e. The Bertz CT molecular complexity index is 414. The molecule has 0 aromatic heterocycles. The Morgan fingerprint density at radius 1 is 1.10 bits per heavy atom. The molecule has 1 aliphatic heterocycles. The zero-order valence-electron chi connectivity index (χ0n) is 12.7. The summed E-state index contributed by atoms with van der Waals surface area (Å²) in [6, 6.07) is 10.1. The minimum Gasteiger partial charge on any atom is -0.395 e. The van der Waals surface area contributed by atoms with Crippen LogP contribution in [0.1, 0.15) is 31.2 Å². The maximum Gasteiger partial charge on any atom is 0.236 e. The van der Waals surface area contributed by atoms with Gasteiger partial charge in [-0.1, -0.05) is 43.2 Å². The first kappa shape index (κ1) is 16.0.